The van der Waals surface area contributed by atoms with E-state index >= 15 is 0 Å². The topological polar surface area (TPSA) is 49.9 Å². The summed E-state index contributed by atoms with van der Waals surface area (Å²) in [6, 6.07) is 9.44. The van der Waals surface area contributed by atoms with E-state index in [4.69, 9.17) is 4.74 Å². The Morgan fingerprint density at radius 2 is 1.72 bits per heavy atom. The Morgan fingerprint density at radius 3 is 2.32 bits per heavy atom. The minimum absolute atomic E-state index is 0.0149. The molecule has 2 heterocycles. The van der Waals surface area contributed by atoms with Crippen LogP contribution in [0.5, 0.6) is 0 Å². The highest BCUT2D eigenvalue weighted by Gasteiger charge is 2.44. The Balaban J connectivity index is 1.92. The van der Waals surface area contributed by atoms with Crippen molar-refractivity contribution in [1.82, 2.24) is 9.80 Å². The maximum absolute atomic E-state index is 13.2. The van der Waals surface area contributed by atoms with Crippen LogP contribution in [-0.2, 0) is 14.3 Å². The van der Waals surface area contributed by atoms with Gasteiger partial charge in [0.05, 0.1) is 6.04 Å². The van der Waals surface area contributed by atoms with Gasteiger partial charge in [-0.3, -0.25) is 9.59 Å². The molecule has 2 atom stereocenters. The fraction of sp³-hybridized carbons (Fsp3) is 0.600. The molecule has 2 fully saturated rings. The van der Waals surface area contributed by atoms with Crippen molar-refractivity contribution in [3.63, 3.8) is 0 Å². The van der Waals surface area contributed by atoms with E-state index in [2.05, 4.69) is 0 Å². The lowest BCUT2D eigenvalue weighted by atomic mass is 9.95. The Bertz CT molecular complexity index is 594. The lowest BCUT2D eigenvalue weighted by Gasteiger charge is -2.44. The Labute approximate surface area is 149 Å². The largest absolute Gasteiger partial charge is 0.356 e. The van der Waals surface area contributed by atoms with Crippen molar-refractivity contribution in [3.05, 3.63) is 35.9 Å². The van der Waals surface area contributed by atoms with Gasteiger partial charge in [0, 0.05) is 19.1 Å². The molecule has 0 spiro atoms. The van der Waals surface area contributed by atoms with Gasteiger partial charge in [-0.1, -0.05) is 43.2 Å². The number of morpholine rings is 1. The second-order valence-electron chi connectivity index (χ2n) is 7.22. The molecule has 0 aliphatic carbocycles. The molecule has 2 aliphatic rings. The standard InChI is InChI=1S/C20H28N2O3/c1-15(2)22-17(23)14-25-19(18(22)16-10-6-5-7-11-16)20(24)21-12-8-3-4-9-13-21/h5-7,10-11,15,18-19H,3-4,8-9,12-14H2,1-2H3/t18-,19+/m1/s1. The summed E-state index contributed by atoms with van der Waals surface area (Å²) in [5.41, 5.74) is 0.956. The number of hydrogen-bond donors (Lipinski definition) is 0. The molecule has 25 heavy (non-hydrogen) atoms. The van der Waals surface area contributed by atoms with Crippen molar-refractivity contribution in [2.24, 2.45) is 0 Å². The number of nitrogens with zero attached hydrogens (tertiary/aromatic N) is 2. The monoisotopic (exact) mass is 344 g/mol. The molecule has 2 aliphatic heterocycles. The molecular weight excluding hydrogens is 316 g/mol. The summed E-state index contributed by atoms with van der Waals surface area (Å²) in [6.07, 6.45) is 3.81. The highest BCUT2D eigenvalue weighted by Crippen LogP contribution is 2.33. The zero-order valence-corrected chi connectivity index (χ0v) is 15.2. The summed E-state index contributed by atoms with van der Waals surface area (Å²) in [6.45, 7) is 5.54. The maximum atomic E-state index is 13.2. The molecule has 2 amide bonds. The van der Waals surface area contributed by atoms with E-state index in [0.29, 0.717) is 0 Å². The normalized spacial score (nSPS) is 25.2. The van der Waals surface area contributed by atoms with Gasteiger partial charge in [0.25, 0.3) is 5.91 Å². The van der Waals surface area contributed by atoms with Gasteiger partial charge in [0.15, 0.2) is 6.10 Å². The van der Waals surface area contributed by atoms with E-state index in [1.807, 2.05) is 54.0 Å². The molecule has 5 nitrogen and oxygen atoms in total. The number of benzene rings is 1. The predicted octanol–water partition coefficient (Wildman–Crippen LogP) is 2.77. The first-order valence-electron chi connectivity index (χ1n) is 9.36. The molecule has 2 saturated heterocycles. The number of likely N-dealkylation sites (tertiary alicyclic amines) is 1. The second kappa shape index (κ2) is 8.00. The van der Waals surface area contributed by atoms with Crippen LogP contribution < -0.4 is 0 Å². The van der Waals surface area contributed by atoms with Gasteiger partial charge >= 0.3 is 0 Å². The van der Waals surface area contributed by atoms with Crippen molar-refractivity contribution >= 4 is 11.8 Å². The highest BCUT2D eigenvalue weighted by molar-refractivity contribution is 5.86. The van der Waals surface area contributed by atoms with Crippen LogP contribution in [0.2, 0.25) is 0 Å². The number of amides is 2. The zero-order chi connectivity index (χ0) is 17.8. The summed E-state index contributed by atoms with van der Waals surface area (Å²) in [5, 5.41) is 0. The fourth-order valence-corrected chi connectivity index (χ4v) is 3.90. The highest BCUT2D eigenvalue weighted by atomic mass is 16.5. The smallest absolute Gasteiger partial charge is 0.254 e. The molecular formula is C20H28N2O3. The molecule has 0 aromatic heterocycles. The Hall–Kier alpha value is -1.88. The number of carbonyl (C=O) groups is 2. The van der Waals surface area contributed by atoms with Crippen molar-refractivity contribution in [3.8, 4) is 0 Å². The quantitative estimate of drug-likeness (QED) is 0.847. The van der Waals surface area contributed by atoms with E-state index in [1.54, 1.807) is 0 Å². The maximum Gasteiger partial charge on any atom is 0.254 e. The SMILES string of the molecule is CC(C)N1C(=O)CO[C@H](C(=O)N2CCCCCC2)[C@H]1c1ccccc1. The molecule has 0 radical (unpaired) electrons. The minimum atomic E-state index is -0.624. The molecule has 0 unspecified atom stereocenters. The minimum Gasteiger partial charge on any atom is -0.356 e. The number of hydrogen-bond acceptors (Lipinski definition) is 3. The third-order valence-electron chi connectivity index (χ3n) is 5.12. The number of carbonyl (C=O) groups excluding carboxylic acids is 2. The van der Waals surface area contributed by atoms with Gasteiger partial charge in [-0.15, -0.1) is 0 Å². The second-order valence-corrected chi connectivity index (χ2v) is 7.22. The predicted molar refractivity (Wildman–Crippen MR) is 96.0 cm³/mol. The summed E-state index contributed by atoms with van der Waals surface area (Å²) in [5.74, 6) is -0.0299. The fourth-order valence-electron chi connectivity index (χ4n) is 3.90. The van der Waals surface area contributed by atoms with Gasteiger partial charge in [0.1, 0.15) is 6.61 Å². The molecule has 3 rings (SSSR count). The third kappa shape index (κ3) is 3.87. The van der Waals surface area contributed by atoms with Gasteiger partial charge in [-0.05, 0) is 32.3 Å². The summed E-state index contributed by atoms with van der Waals surface area (Å²) < 4.78 is 5.81. The van der Waals surface area contributed by atoms with E-state index < -0.39 is 6.10 Å². The van der Waals surface area contributed by atoms with E-state index in [1.165, 1.54) is 12.8 Å². The average Bonchev–Trinajstić information content (AvgIpc) is 2.90. The van der Waals surface area contributed by atoms with Crippen molar-refractivity contribution in [2.75, 3.05) is 19.7 Å². The molecule has 0 bridgehead atoms. The van der Waals surface area contributed by atoms with Crippen molar-refractivity contribution in [1.29, 1.82) is 0 Å². The lowest BCUT2D eigenvalue weighted by molar-refractivity contribution is -0.171. The molecule has 136 valence electrons. The van der Waals surface area contributed by atoms with E-state index in [0.717, 1.165) is 31.5 Å². The number of ether oxygens (including phenoxy) is 1. The lowest BCUT2D eigenvalue weighted by Crippen LogP contribution is -2.57. The van der Waals surface area contributed by atoms with E-state index in [-0.39, 0.29) is 30.5 Å². The van der Waals surface area contributed by atoms with Crippen LogP contribution in [0.15, 0.2) is 30.3 Å². The molecule has 5 heteroatoms. The first-order valence-corrected chi connectivity index (χ1v) is 9.36. The van der Waals surface area contributed by atoms with Gasteiger partial charge in [0.2, 0.25) is 5.91 Å². The summed E-state index contributed by atoms with van der Waals surface area (Å²) in [4.78, 5) is 29.5. The molecule has 0 N–H and O–H groups in total. The van der Waals surface area contributed by atoms with Gasteiger partial charge < -0.3 is 14.5 Å². The average molecular weight is 344 g/mol. The Kier molecular flexibility index (Phi) is 5.74. The number of rotatable bonds is 3. The van der Waals surface area contributed by atoms with Crippen LogP contribution in [-0.4, -0.2) is 53.5 Å². The van der Waals surface area contributed by atoms with Gasteiger partial charge in [-0.2, -0.15) is 0 Å². The van der Waals surface area contributed by atoms with Crippen molar-refractivity contribution in [2.45, 2.75) is 57.7 Å². The van der Waals surface area contributed by atoms with Crippen LogP contribution in [0, 0.1) is 0 Å². The summed E-state index contributed by atoms with van der Waals surface area (Å²) in [7, 11) is 0. The first-order chi connectivity index (χ1) is 12.1. The van der Waals surface area contributed by atoms with Crippen LogP contribution in [0.25, 0.3) is 0 Å². The third-order valence-corrected chi connectivity index (χ3v) is 5.12. The van der Waals surface area contributed by atoms with Gasteiger partial charge in [-0.25, -0.2) is 0 Å². The zero-order valence-electron chi connectivity index (χ0n) is 15.2. The van der Waals surface area contributed by atoms with Crippen LogP contribution >= 0.6 is 0 Å². The van der Waals surface area contributed by atoms with Crippen LogP contribution in [0.3, 0.4) is 0 Å². The first kappa shape index (κ1) is 17.9. The molecule has 0 saturated carbocycles. The van der Waals surface area contributed by atoms with E-state index in [9.17, 15) is 9.59 Å². The molecule has 1 aromatic carbocycles. The Morgan fingerprint density at radius 1 is 1.08 bits per heavy atom. The van der Waals surface area contributed by atoms with Crippen LogP contribution in [0.1, 0.15) is 51.1 Å². The summed E-state index contributed by atoms with van der Waals surface area (Å²) >= 11 is 0. The molecule has 1 aromatic rings. The van der Waals surface area contributed by atoms with Crippen molar-refractivity contribution < 1.29 is 14.3 Å². The van der Waals surface area contributed by atoms with Crippen LogP contribution in [0.4, 0.5) is 0 Å².